The van der Waals surface area contributed by atoms with Crippen LogP contribution in [0.4, 0.5) is 0 Å². The van der Waals surface area contributed by atoms with Gasteiger partial charge in [0.2, 0.25) is 0 Å². The topological polar surface area (TPSA) is 9.86 Å². The minimum absolute atomic E-state index is 1.14. The van der Waals surface area contributed by atoms with Gasteiger partial charge in [-0.3, -0.25) is 0 Å². The third-order valence-corrected chi connectivity index (χ3v) is 12.8. The monoisotopic (exact) mass is 760 g/mol. The van der Waals surface area contributed by atoms with Gasteiger partial charge in [0.05, 0.1) is 22.1 Å². The molecule has 0 bridgehead atoms. The summed E-state index contributed by atoms with van der Waals surface area (Å²) in [4.78, 5) is 0. The number of hydrogen-bond donors (Lipinski definition) is 0. The molecule has 11 aromatic carbocycles. The Morgan fingerprint density at radius 1 is 0.217 bits per heavy atom. The largest absolute Gasteiger partial charge is 0.309 e. The Hall–Kier alpha value is -7.94. The zero-order valence-electron chi connectivity index (χ0n) is 32.7. The third kappa shape index (κ3) is 4.82. The van der Waals surface area contributed by atoms with Crippen molar-refractivity contribution in [1.29, 1.82) is 0 Å². The predicted molar refractivity (Wildman–Crippen MR) is 256 cm³/mol. The van der Waals surface area contributed by atoms with E-state index < -0.39 is 0 Å². The minimum atomic E-state index is 1.14. The average Bonchev–Trinajstić information content (AvgIpc) is 3.80. The lowest BCUT2D eigenvalue weighted by Gasteiger charge is -2.19. The summed E-state index contributed by atoms with van der Waals surface area (Å²) in [6.45, 7) is 0. The highest BCUT2D eigenvalue weighted by atomic mass is 15.0. The van der Waals surface area contributed by atoms with E-state index >= 15 is 0 Å². The van der Waals surface area contributed by atoms with Gasteiger partial charge in [0.15, 0.2) is 0 Å². The van der Waals surface area contributed by atoms with Crippen molar-refractivity contribution in [2.75, 3.05) is 0 Å². The number of nitrogens with zero attached hydrogens (tertiary/aromatic N) is 2. The molecule has 0 saturated heterocycles. The molecule has 0 saturated carbocycles. The van der Waals surface area contributed by atoms with E-state index in [1.54, 1.807) is 0 Å². The smallest absolute Gasteiger partial charge is 0.0548 e. The molecule has 2 aromatic heterocycles. The lowest BCUT2D eigenvalue weighted by Crippen LogP contribution is -1.95. The molecule has 0 fully saturated rings. The molecule has 0 unspecified atom stereocenters. The maximum Gasteiger partial charge on any atom is 0.0548 e. The molecular weight excluding hydrogens is 725 g/mol. The van der Waals surface area contributed by atoms with Gasteiger partial charge in [0, 0.05) is 32.9 Å². The molecule has 0 amide bonds. The molecule has 13 aromatic rings. The first kappa shape index (κ1) is 33.1. The summed E-state index contributed by atoms with van der Waals surface area (Å²) in [5, 5.41) is 14.9. The van der Waals surface area contributed by atoms with Crippen molar-refractivity contribution in [2.24, 2.45) is 0 Å². The molecule has 0 atom stereocenters. The van der Waals surface area contributed by atoms with Gasteiger partial charge in [-0.25, -0.2) is 0 Å². The van der Waals surface area contributed by atoms with E-state index in [2.05, 4.69) is 228 Å². The van der Waals surface area contributed by atoms with Gasteiger partial charge in [0.1, 0.15) is 0 Å². The molecule has 2 heteroatoms. The van der Waals surface area contributed by atoms with Crippen molar-refractivity contribution < 1.29 is 0 Å². The molecule has 0 aliphatic carbocycles. The van der Waals surface area contributed by atoms with Crippen molar-refractivity contribution in [3.63, 3.8) is 0 Å². The maximum absolute atomic E-state index is 2.51. The predicted octanol–water partition coefficient (Wildman–Crippen LogP) is 15.8. The Balaban J connectivity index is 1.24. The van der Waals surface area contributed by atoms with Crippen LogP contribution in [-0.2, 0) is 0 Å². The van der Waals surface area contributed by atoms with Gasteiger partial charge in [-0.1, -0.05) is 152 Å². The fraction of sp³-hybridized carbons (Fsp3) is 0. The van der Waals surface area contributed by atoms with Crippen molar-refractivity contribution in [2.45, 2.75) is 0 Å². The number of benzene rings is 11. The maximum atomic E-state index is 2.51. The average molecular weight is 761 g/mol. The standard InChI is InChI=1S/C58H36N2/c1-3-19-43(20-4-1)59-53-26-14-13-23-45(53)49-34-55-50(35-54(49)59)48-33-51-52(36-56(48)60(55)44-21-5-2-6-22-44)58(42-30-28-38-16-8-10-18-40(38)32-42)47-25-12-11-24-46(47)57(51)41-29-27-37-15-7-9-17-39(37)31-41/h1-36H. The Labute approximate surface area is 346 Å². The van der Waals surface area contributed by atoms with Crippen LogP contribution in [-0.4, -0.2) is 9.13 Å². The van der Waals surface area contributed by atoms with Crippen LogP contribution in [0.5, 0.6) is 0 Å². The molecule has 278 valence electrons. The third-order valence-electron chi connectivity index (χ3n) is 12.8. The van der Waals surface area contributed by atoms with E-state index in [0.717, 1.165) is 11.4 Å². The molecule has 0 spiro atoms. The van der Waals surface area contributed by atoms with Crippen LogP contribution in [0.25, 0.3) is 120 Å². The Morgan fingerprint density at radius 3 is 1.15 bits per heavy atom. The van der Waals surface area contributed by atoms with Crippen LogP contribution < -0.4 is 0 Å². The lowest BCUT2D eigenvalue weighted by molar-refractivity contribution is 1.17. The highest BCUT2D eigenvalue weighted by Gasteiger charge is 2.23. The first-order valence-corrected chi connectivity index (χ1v) is 20.8. The number of rotatable bonds is 4. The quantitative estimate of drug-likeness (QED) is 0.158. The van der Waals surface area contributed by atoms with Crippen molar-refractivity contribution >= 4 is 86.7 Å². The highest BCUT2D eigenvalue weighted by Crippen LogP contribution is 2.48. The molecule has 0 aliphatic heterocycles. The second-order valence-corrected chi connectivity index (χ2v) is 16.1. The molecule has 60 heavy (non-hydrogen) atoms. The summed E-state index contributed by atoms with van der Waals surface area (Å²) in [6.07, 6.45) is 0. The van der Waals surface area contributed by atoms with Crippen LogP contribution in [0.15, 0.2) is 218 Å². The zero-order chi connectivity index (χ0) is 39.3. The lowest BCUT2D eigenvalue weighted by atomic mass is 9.84. The second-order valence-electron chi connectivity index (χ2n) is 16.1. The molecule has 2 heterocycles. The second kappa shape index (κ2) is 12.8. The van der Waals surface area contributed by atoms with E-state index in [4.69, 9.17) is 0 Å². The minimum Gasteiger partial charge on any atom is -0.309 e. The number of aromatic nitrogens is 2. The van der Waals surface area contributed by atoms with Crippen molar-refractivity contribution in [3.05, 3.63) is 218 Å². The van der Waals surface area contributed by atoms with Gasteiger partial charge in [0.25, 0.3) is 0 Å². The first-order valence-electron chi connectivity index (χ1n) is 20.8. The van der Waals surface area contributed by atoms with E-state index in [-0.39, 0.29) is 0 Å². The normalized spacial score (nSPS) is 12.0. The zero-order valence-corrected chi connectivity index (χ0v) is 32.7. The molecule has 0 radical (unpaired) electrons. The summed E-state index contributed by atoms with van der Waals surface area (Å²) in [5.74, 6) is 0. The van der Waals surface area contributed by atoms with Crippen LogP contribution >= 0.6 is 0 Å². The Bertz CT molecular complexity index is 3870. The van der Waals surface area contributed by atoms with Crippen molar-refractivity contribution in [1.82, 2.24) is 9.13 Å². The molecule has 0 aliphatic rings. The van der Waals surface area contributed by atoms with E-state index in [1.807, 2.05) is 0 Å². The van der Waals surface area contributed by atoms with Crippen LogP contribution in [0.2, 0.25) is 0 Å². The Morgan fingerprint density at radius 2 is 0.600 bits per heavy atom. The first-order chi connectivity index (χ1) is 29.8. The van der Waals surface area contributed by atoms with Crippen LogP contribution in [0.3, 0.4) is 0 Å². The fourth-order valence-corrected chi connectivity index (χ4v) is 10.2. The summed E-state index contributed by atoms with van der Waals surface area (Å²) in [7, 11) is 0. The summed E-state index contributed by atoms with van der Waals surface area (Å²) < 4.78 is 4.93. The number of para-hydroxylation sites is 3. The fourth-order valence-electron chi connectivity index (χ4n) is 10.2. The van der Waals surface area contributed by atoms with E-state index in [1.165, 1.54) is 109 Å². The molecule has 0 N–H and O–H groups in total. The SMILES string of the molecule is c1ccc(-n2c3ccccc3c3cc4c(cc32)c2cc3c(-c5ccc6ccccc6c5)c5ccccc5c(-c5ccc6ccccc6c5)c3cc2n4-c2ccccc2)cc1. The molecule has 13 rings (SSSR count). The number of fused-ring (bicyclic) bond motifs is 10. The van der Waals surface area contributed by atoms with Gasteiger partial charge in [-0.2, -0.15) is 0 Å². The van der Waals surface area contributed by atoms with Gasteiger partial charge >= 0.3 is 0 Å². The van der Waals surface area contributed by atoms with Gasteiger partial charge < -0.3 is 9.13 Å². The summed E-state index contributed by atoms with van der Waals surface area (Å²) in [5.41, 5.74) is 12.1. The van der Waals surface area contributed by atoms with E-state index in [0.29, 0.717) is 0 Å². The number of hydrogen-bond acceptors (Lipinski definition) is 0. The van der Waals surface area contributed by atoms with Crippen LogP contribution in [0.1, 0.15) is 0 Å². The molecular formula is C58H36N2. The summed E-state index contributed by atoms with van der Waals surface area (Å²) in [6, 6.07) is 80.8. The Kier molecular flexibility index (Phi) is 7.05. The van der Waals surface area contributed by atoms with Crippen molar-refractivity contribution in [3.8, 4) is 33.6 Å². The highest BCUT2D eigenvalue weighted by molar-refractivity contribution is 6.27. The van der Waals surface area contributed by atoms with E-state index in [9.17, 15) is 0 Å². The van der Waals surface area contributed by atoms with Gasteiger partial charge in [-0.05, 0) is 132 Å². The van der Waals surface area contributed by atoms with Crippen LogP contribution in [0, 0.1) is 0 Å². The summed E-state index contributed by atoms with van der Waals surface area (Å²) >= 11 is 0. The molecule has 2 nitrogen and oxygen atoms in total. The van der Waals surface area contributed by atoms with Gasteiger partial charge in [-0.15, -0.1) is 0 Å².